The van der Waals surface area contributed by atoms with Crippen LogP contribution in [-0.2, 0) is 0 Å². The van der Waals surface area contributed by atoms with E-state index in [0.29, 0.717) is 12.0 Å². The van der Waals surface area contributed by atoms with E-state index in [4.69, 9.17) is 0 Å². The molecular formula is C15H21F2NO. The van der Waals surface area contributed by atoms with E-state index < -0.39 is 17.7 Å². The molecule has 0 aromatic heterocycles. The fourth-order valence-corrected chi connectivity index (χ4v) is 2.80. The van der Waals surface area contributed by atoms with Crippen LogP contribution >= 0.6 is 0 Å². The predicted molar refractivity (Wildman–Crippen MR) is 70.7 cm³/mol. The smallest absolute Gasteiger partial charge is 0.129 e. The molecule has 2 N–H and O–H groups in total. The van der Waals surface area contributed by atoms with Crippen molar-refractivity contribution in [3.05, 3.63) is 35.4 Å². The van der Waals surface area contributed by atoms with Gasteiger partial charge in [-0.1, -0.05) is 12.8 Å². The number of benzene rings is 1. The van der Waals surface area contributed by atoms with Crippen molar-refractivity contribution in [3.8, 4) is 0 Å². The van der Waals surface area contributed by atoms with Gasteiger partial charge >= 0.3 is 0 Å². The monoisotopic (exact) mass is 269 g/mol. The van der Waals surface area contributed by atoms with Gasteiger partial charge in [0, 0.05) is 18.2 Å². The predicted octanol–water partition coefficient (Wildman–Crippen LogP) is 3.17. The molecule has 0 saturated heterocycles. The van der Waals surface area contributed by atoms with E-state index in [1.165, 1.54) is 25.7 Å². The summed E-state index contributed by atoms with van der Waals surface area (Å²) >= 11 is 0. The molecular weight excluding hydrogens is 248 g/mol. The van der Waals surface area contributed by atoms with Gasteiger partial charge in [-0.25, -0.2) is 8.78 Å². The van der Waals surface area contributed by atoms with E-state index in [1.54, 1.807) is 0 Å². The molecule has 0 bridgehead atoms. The molecule has 19 heavy (non-hydrogen) atoms. The number of rotatable bonds is 5. The molecule has 0 heterocycles. The summed E-state index contributed by atoms with van der Waals surface area (Å²) in [6.07, 6.45) is 3.92. The third-order valence-corrected chi connectivity index (χ3v) is 4.06. The highest BCUT2D eigenvalue weighted by molar-refractivity contribution is 5.21. The summed E-state index contributed by atoms with van der Waals surface area (Å²) in [5.41, 5.74) is 0.0196. The quantitative estimate of drug-likeness (QED) is 0.860. The lowest BCUT2D eigenvalue weighted by Gasteiger charge is -2.22. The third kappa shape index (κ3) is 3.74. The summed E-state index contributed by atoms with van der Waals surface area (Å²) in [5, 5.41) is 13.2. The van der Waals surface area contributed by atoms with Crippen LogP contribution in [0.2, 0.25) is 0 Å². The molecule has 1 aliphatic carbocycles. The Morgan fingerprint density at radius 2 is 2.00 bits per heavy atom. The highest BCUT2D eigenvalue weighted by Crippen LogP contribution is 2.27. The van der Waals surface area contributed by atoms with Crippen LogP contribution in [0.25, 0.3) is 0 Å². The highest BCUT2D eigenvalue weighted by atomic mass is 19.1. The van der Waals surface area contributed by atoms with Crippen LogP contribution in [0.3, 0.4) is 0 Å². The minimum absolute atomic E-state index is 0.0196. The Morgan fingerprint density at radius 1 is 1.32 bits per heavy atom. The molecule has 4 heteroatoms. The summed E-state index contributed by atoms with van der Waals surface area (Å²) in [6, 6.07) is 3.46. The van der Waals surface area contributed by atoms with Crippen molar-refractivity contribution < 1.29 is 13.9 Å². The Morgan fingerprint density at radius 3 is 2.68 bits per heavy atom. The van der Waals surface area contributed by atoms with Gasteiger partial charge in [0.05, 0.1) is 6.10 Å². The number of aliphatic hydroxyl groups excluding tert-OH is 1. The fraction of sp³-hybridized carbons (Fsp3) is 0.600. The average molecular weight is 269 g/mol. The first-order chi connectivity index (χ1) is 9.08. The van der Waals surface area contributed by atoms with Crippen molar-refractivity contribution in [1.29, 1.82) is 0 Å². The molecule has 0 aliphatic heterocycles. The standard InChI is InChI=1S/C15H21F2NO/c1-10(11-4-2-3-5-11)18-9-15(19)13-8-12(16)6-7-14(13)17/h6-8,10-11,15,18-19H,2-5,9H2,1H3. The third-order valence-electron chi connectivity index (χ3n) is 4.06. The van der Waals surface area contributed by atoms with E-state index in [1.807, 2.05) is 0 Å². The summed E-state index contributed by atoms with van der Waals surface area (Å²) in [4.78, 5) is 0. The molecule has 2 rings (SSSR count). The first kappa shape index (κ1) is 14.4. The molecule has 1 fully saturated rings. The van der Waals surface area contributed by atoms with Crippen LogP contribution in [0.5, 0.6) is 0 Å². The van der Waals surface area contributed by atoms with Gasteiger partial charge in [-0.2, -0.15) is 0 Å². The second kappa shape index (κ2) is 6.44. The van der Waals surface area contributed by atoms with Crippen LogP contribution in [0, 0.1) is 17.6 Å². The Balaban J connectivity index is 1.89. The Labute approximate surface area is 112 Å². The van der Waals surface area contributed by atoms with Crippen LogP contribution in [0.15, 0.2) is 18.2 Å². The number of hydrogen-bond donors (Lipinski definition) is 2. The Kier molecular flexibility index (Phi) is 4.88. The largest absolute Gasteiger partial charge is 0.387 e. The summed E-state index contributed by atoms with van der Waals surface area (Å²) in [7, 11) is 0. The average Bonchev–Trinajstić information content (AvgIpc) is 2.92. The number of hydrogen-bond acceptors (Lipinski definition) is 2. The number of halogens is 2. The molecule has 1 saturated carbocycles. The van der Waals surface area contributed by atoms with Gasteiger partial charge < -0.3 is 10.4 Å². The lowest BCUT2D eigenvalue weighted by atomic mass is 9.99. The van der Waals surface area contributed by atoms with Gasteiger partial charge in [-0.05, 0) is 43.9 Å². The van der Waals surface area contributed by atoms with Gasteiger partial charge in [0.2, 0.25) is 0 Å². The van der Waals surface area contributed by atoms with Crippen LogP contribution in [-0.4, -0.2) is 17.7 Å². The zero-order valence-corrected chi connectivity index (χ0v) is 11.2. The van der Waals surface area contributed by atoms with E-state index >= 15 is 0 Å². The second-order valence-corrected chi connectivity index (χ2v) is 5.42. The van der Waals surface area contributed by atoms with E-state index in [9.17, 15) is 13.9 Å². The Bertz CT molecular complexity index is 419. The Hall–Kier alpha value is -1.00. The SMILES string of the molecule is CC(NCC(O)c1cc(F)ccc1F)C1CCCC1. The van der Waals surface area contributed by atoms with Crippen molar-refractivity contribution in [2.45, 2.75) is 44.8 Å². The minimum atomic E-state index is -1.01. The normalized spacial score (nSPS) is 19.6. The molecule has 0 radical (unpaired) electrons. The molecule has 1 aromatic rings. The number of aliphatic hydroxyl groups is 1. The van der Waals surface area contributed by atoms with Crippen molar-refractivity contribution in [1.82, 2.24) is 5.32 Å². The summed E-state index contributed by atoms with van der Waals surface area (Å²) in [5.74, 6) is -0.465. The highest BCUT2D eigenvalue weighted by Gasteiger charge is 2.22. The van der Waals surface area contributed by atoms with E-state index in [2.05, 4.69) is 12.2 Å². The van der Waals surface area contributed by atoms with Crippen molar-refractivity contribution in [3.63, 3.8) is 0 Å². The second-order valence-electron chi connectivity index (χ2n) is 5.42. The van der Waals surface area contributed by atoms with Gasteiger partial charge in [-0.15, -0.1) is 0 Å². The first-order valence-corrected chi connectivity index (χ1v) is 6.94. The van der Waals surface area contributed by atoms with Crippen molar-refractivity contribution in [2.24, 2.45) is 5.92 Å². The van der Waals surface area contributed by atoms with E-state index in [-0.39, 0.29) is 12.1 Å². The molecule has 1 aromatic carbocycles. The maximum Gasteiger partial charge on any atom is 0.129 e. The first-order valence-electron chi connectivity index (χ1n) is 6.94. The van der Waals surface area contributed by atoms with Crippen LogP contribution in [0.1, 0.15) is 44.3 Å². The summed E-state index contributed by atoms with van der Waals surface area (Å²) < 4.78 is 26.5. The van der Waals surface area contributed by atoms with Crippen molar-refractivity contribution >= 4 is 0 Å². The molecule has 0 amide bonds. The van der Waals surface area contributed by atoms with Crippen molar-refractivity contribution in [2.75, 3.05) is 6.54 Å². The maximum atomic E-state index is 13.5. The molecule has 2 nitrogen and oxygen atoms in total. The zero-order valence-electron chi connectivity index (χ0n) is 11.2. The van der Waals surface area contributed by atoms with Gasteiger partial charge in [0.15, 0.2) is 0 Å². The topological polar surface area (TPSA) is 32.3 Å². The molecule has 2 unspecified atom stereocenters. The molecule has 0 spiro atoms. The van der Waals surface area contributed by atoms with Gasteiger partial charge in [0.25, 0.3) is 0 Å². The maximum absolute atomic E-state index is 13.5. The van der Waals surface area contributed by atoms with Gasteiger partial charge in [0.1, 0.15) is 11.6 Å². The molecule has 1 aliphatic rings. The number of nitrogens with one attached hydrogen (secondary N) is 1. The summed E-state index contributed by atoms with van der Waals surface area (Å²) in [6.45, 7) is 2.34. The fourth-order valence-electron chi connectivity index (χ4n) is 2.80. The minimum Gasteiger partial charge on any atom is -0.387 e. The van der Waals surface area contributed by atoms with E-state index in [0.717, 1.165) is 18.2 Å². The van der Waals surface area contributed by atoms with Gasteiger partial charge in [-0.3, -0.25) is 0 Å². The molecule has 2 atom stereocenters. The zero-order chi connectivity index (χ0) is 13.8. The lowest BCUT2D eigenvalue weighted by Crippen LogP contribution is -2.35. The van der Waals surface area contributed by atoms with Crippen LogP contribution < -0.4 is 5.32 Å². The lowest BCUT2D eigenvalue weighted by molar-refractivity contribution is 0.161. The van der Waals surface area contributed by atoms with Crippen LogP contribution in [0.4, 0.5) is 8.78 Å². The molecule has 106 valence electrons.